The largest absolute Gasteiger partial charge is 0.463 e. The number of benzene rings is 2. The van der Waals surface area contributed by atoms with Crippen molar-refractivity contribution in [2.24, 2.45) is 5.73 Å². The number of nitriles is 1. The fraction of sp³-hybridized carbons (Fsp3) is 0.182. The molecule has 1 atom stereocenters. The van der Waals surface area contributed by atoms with Gasteiger partial charge in [0, 0.05) is 14.8 Å². The van der Waals surface area contributed by atoms with Gasteiger partial charge in [0.25, 0.3) is 0 Å². The third kappa shape index (κ3) is 4.42. The van der Waals surface area contributed by atoms with Crippen molar-refractivity contribution in [1.29, 1.82) is 5.26 Å². The van der Waals surface area contributed by atoms with Crippen LogP contribution in [0.3, 0.4) is 0 Å². The normalized spacial score (nSPS) is 16.3. The van der Waals surface area contributed by atoms with Crippen LogP contribution in [0.25, 0.3) is 0 Å². The van der Waals surface area contributed by atoms with Gasteiger partial charge in [0.05, 0.1) is 18.1 Å². The van der Waals surface area contributed by atoms with Crippen LogP contribution < -0.4 is 5.73 Å². The van der Waals surface area contributed by atoms with E-state index in [1.807, 2.05) is 48.5 Å². The van der Waals surface area contributed by atoms with Gasteiger partial charge < -0.3 is 15.2 Å². The van der Waals surface area contributed by atoms with Crippen molar-refractivity contribution in [3.05, 3.63) is 81.9 Å². The van der Waals surface area contributed by atoms with Crippen molar-refractivity contribution in [2.45, 2.75) is 29.6 Å². The van der Waals surface area contributed by atoms with Gasteiger partial charge in [0.15, 0.2) is 0 Å². The number of hydrogen-bond acceptors (Lipinski definition) is 6. The fourth-order valence-corrected chi connectivity index (χ4v) is 4.21. The van der Waals surface area contributed by atoms with Gasteiger partial charge in [-0.1, -0.05) is 41.6 Å². The Morgan fingerprint density at radius 1 is 1.28 bits per heavy atom. The maximum atomic E-state index is 12.7. The summed E-state index contributed by atoms with van der Waals surface area (Å²) in [6, 6.07) is 17.1. The van der Waals surface area contributed by atoms with E-state index in [0.29, 0.717) is 10.8 Å². The summed E-state index contributed by atoms with van der Waals surface area (Å²) >= 11 is 7.50. The zero-order valence-corrected chi connectivity index (χ0v) is 17.5. The zero-order chi connectivity index (χ0) is 21.0. The van der Waals surface area contributed by atoms with Crippen LogP contribution in [0.1, 0.15) is 25.3 Å². The Balaban J connectivity index is 2.12. The second-order valence-electron chi connectivity index (χ2n) is 6.21. The quantitative estimate of drug-likeness (QED) is 0.666. The van der Waals surface area contributed by atoms with Crippen molar-refractivity contribution >= 4 is 29.3 Å². The minimum atomic E-state index is -0.677. The molecule has 0 spiro atoms. The standard InChI is InChI=1S/C22H19ClN2O3S/c1-3-27-22(26)19-13(2)28-21(25)17(12-24)20(19)16-6-4-5-7-18(16)29-15-10-8-14(23)9-11-15/h4-11,20H,3,25H2,1-2H3. The maximum Gasteiger partial charge on any atom is 0.338 e. The summed E-state index contributed by atoms with van der Waals surface area (Å²) in [5.74, 6) is -0.879. The summed E-state index contributed by atoms with van der Waals surface area (Å²) in [6.07, 6.45) is 0. The van der Waals surface area contributed by atoms with Gasteiger partial charge in [0.1, 0.15) is 17.4 Å². The maximum absolute atomic E-state index is 12.7. The third-order valence-electron chi connectivity index (χ3n) is 4.37. The number of rotatable bonds is 5. The van der Waals surface area contributed by atoms with Gasteiger partial charge >= 0.3 is 5.97 Å². The van der Waals surface area contributed by atoms with Gasteiger partial charge in [0.2, 0.25) is 5.88 Å². The molecule has 0 amide bonds. The molecule has 0 fully saturated rings. The van der Waals surface area contributed by atoms with Crippen molar-refractivity contribution in [2.75, 3.05) is 6.61 Å². The number of nitrogens with two attached hydrogens (primary N) is 1. The Labute approximate surface area is 178 Å². The number of esters is 1. The lowest BCUT2D eigenvalue weighted by Gasteiger charge is -2.28. The number of ether oxygens (including phenoxy) is 2. The summed E-state index contributed by atoms with van der Waals surface area (Å²) in [7, 11) is 0. The van der Waals surface area contributed by atoms with Crippen LogP contribution in [0.4, 0.5) is 0 Å². The number of carbonyl (C=O) groups excluding carboxylic acids is 1. The first-order valence-electron chi connectivity index (χ1n) is 8.94. The van der Waals surface area contributed by atoms with Gasteiger partial charge in [-0.15, -0.1) is 0 Å². The first kappa shape index (κ1) is 20.8. The van der Waals surface area contributed by atoms with E-state index >= 15 is 0 Å². The molecule has 5 nitrogen and oxygen atoms in total. The van der Waals surface area contributed by atoms with Gasteiger partial charge in [-0.3, -0.25) is 0 Å². The second-order valence-corrected chi connectivity index (χ2v) is 7.76. The summed E-state index contributed by atoms with van der Waals surface area (Å²) in [5.41, 5.74) is 7.23. The van der Waals surface area contributed by atoms with Crippen LogP contribution >= 0.6 is 23.4 Å². The first-order chi connectivity index (χ1) is 14.0. The highest BCUT2D eigenvalue weighted by Gasteiger charge is 2.37. The van der Waals surface area contributed by atoms with Crippen LogP contribution in [0.5, 0.6) is 0 Å². The van der Waals surface area contributed by atoms with Crippen molar-refractivity contribution < 1.29 is 14.3 Å². The molecular weight excluding hydrogens is 408 g/mol. The molecule has 2 aromatic carbocycles. The lowest BCUT2D eigenvalue weighted by molar-refractivity contribution is -0.139. The molecular formula is C22H19ClN2O3S. The number of halogens is 1. The van der Waals surface area contributed by atoms with E-state index in [1.54, 1.807) is 13.8 Å². The molecule has 0 saturated carbocycles. The fourth-order valence-electron chi connectivity index (χ4n) is 3.11. The van der Waals surface area contributed by atoms with Crippen LogP contribution in [-0.4, -0.2) is 12.6 Å². The molecule has 29 heavy (non-hydrogen) atoms. The lowest BCUT2D eigenvalue weighted by Crippen LogP contribution is -2.25. The number of nitrogens with zero attached hydrogens (tertiary/aromatic N) is 1. The van der Waals surface area contributed by atoms with E-state index in [4.69, 9.17) is 26.8 Å². The average molecular weight is 427 g/mol. The van der Waals surface area contributed by atoms with E-state index in [1.165, 1.54) is 11.8 Å². The van der Waals surface area contributed by atoms with E-state index in [0.717, 1.165) is 15.4 Å². The summed E-state index contributed by atoms with van der Waals surface area (Å²) in [4.78, 5) is 14.6. The summed E-state index contributed by atoms with van der Waals surface area (Å²) in [5, 5.41) is 10.4. The second kappa shape index (κ2) is 9.08. The monoisotopic (exact) mass is 426 g/mol. The average Bonchev–Trinajstić information content (AvgIpc) is 2.70. The molecule has 1 heterocycles. The predicted octanol–water partition coefficient (Wildman–Crippen LogP) is 5.14. The Morgan fingerprint density at radius 3 is 2.62 bits per heavy atom. The topological polar surface area (TPSA) is 85.3 Å². The van der Waals surface area contributed by atoms with Crippen molar-refractivity contribution in [3.63, 3.8) is 0 Å². The molecule has 7 heteroatoms. The lowest BCUT2D eigenvalue weighted by atomic mass is 9.83. The Hall–Kier alpha value is -2.88. The molecule has 0 aromatic heterocycles. The molecule has 2 aromatic rings. The zero-order valence-electron chi connectivity index (χ0n) is 15.9. The van der Waals surface area contributed by atoms with Crippen LogP contribution in [0.15, 0.2) is 81.1 Å². The number of carbonyl (C=O) groups is 1. The predicted molar refractivity (Wildman–Crippen MR) is 112 cm³/mol. The smallest absolute Gasteiger partial charge is 0.338 e. The molecule has 0 aliphatic carbocycles. The van der Waals surface area contributed by atoms with E-state index in [2.05, 4.69) is 6.07 Å². The van der Waals surface area contributed by atoms with Gasteiger partial charge in [-0.25, -0.2) is 4.79 Å². The highest BCUT2D eigenvalue weighted by Crippen LogP contribution is 2.44. The summed E-state index contributed by atoms with van der Waals surface area (Å²) < 4.78 is 10.7. The molecule has 148 valence electrons. The Morgan fingerprint density at radius 2 is 1.97 bits per heavy atom. The van der Waals surface area contributed by atoms with E-state index < -0.39 is 11.9 Å². The Kier molecular flexibility index (Phi) is 6.53. The minimum absolute atomic E-state index is 0.00524. The SMILES string of the molecule is CCOC(=O)C1=C(C)OC(N)=C(C#N)C1c1ccccc1Sc1ccc(Cl)cc1. The van der Waals surface area contributed by atoms with Crippen LogP contribution in [0.2, 0.25) is 5.02 Å². The van der Waals surface area contributed by atoms with Crippen LogP contribution in [-0.2, 0) is 14.3 Å². The first-order valence-corrected chi connectivity index (χ1v) is 10.1. The van der Waals surface area contributed by atoms with E-state index in [9.17, 15) is 10.1 Å². The van der Waals surface area contributed by atoms with Crippen molar-refractivity contribution in [3.8, 4) is 6.07 Å². The highest BCUT2D eigenvalue weighted by atomic mass is 35.5. The van der Waals surface area contributed by atoms with Crippen molar-refractivity contribution in [1.82, 2.24) is 0 Å². The van der Waals surface area contributed by atoms with Crippen LogP contribution in [0, 0.1) is 11.3 Å². The minimum Gasteiger partial charge on any atom is -0.463 e. The van der Waals surface area contributed by atoms with E-state index in [-0.39, 0.29) is 23.6 Å². The highest BCUT2D eigenvalue weighted by molar-refractivity contribution is 7.99. The molecule has 1 unspecified atom stereocenters. The molecule has 1 aliphatic heterocycles. The van der Waals surface area contributed by atoms with Gasteiger partial charge in [-0.2, -0.15) is 5.26 Å². The summed E-state index contributed by atoms with van der Waals surface area (Å²) in [6.45, 7) is 3.59. The third-order valence-corrected chi connectivity index (χ3v) is 5.72. The Bertz CT molecular complexity index is 1040. The molecule has 0 bridgehead atoms. The molecule has 3 rings (SSSR count). The number of allylic oxidation sites excluding steroid dienone is 2. The molecule has 1 aliphatic rings. The molecule has 2 N–H and O–H groups in total. The number of hydrogen-bond donors (Lipinski definition) is 1. The molecule has 0 radical (unpaired) electrons. The molecule has 0 saturated heterocycles. The van der Waals surface area contributed by atoms with Gasteiger partial charge in [-0.05, 0) is 49.7 Å².